The van der Waals surface area contributed by atoms with Crippen molar-refractivity contribution in [2.24, 2.45) is 17.8 Å². The summed E-state index contributed by atoms with van der Waals surface area (Å²) in [6, 6.07) is 13.4. The number of rotatable bonds is 4. The molecule has 2 aromatic rings. The molecule has 0 unspecified atom stereocenters. The van der Waals surface area contributed by atoms with E-state index in [1.54, 1.807) is 36.4 Å². The molecular formula is C24H25ClN2O3. The molecule has 0 radical (unpaired) electrons. The van der Waals surface area contributed by atoms with Crippen molar-refractivity contribution in [3.63, 3.8) is 0 Å². The number of halogens is 1. The van der Waals surface area contributed by atoms with Gasteiger partial charge in [-0.15, -0.1) is 0 Å². The number of urea groups is 1. The lowest BCUT2D eigenvalue weighted by molar-refractivity contribution is -0.107. The first-order valence-corrected chi connectivity index (χ1v) is 11.0. The Morgan fingerprint density at radius 2 is 1.50 bits per heavy atom. The van der Waals surface area contributed by atoms with Crippen LogP contribution in [0.1, 0.15) is 48.9 Å². The van der Waals surface area contributed by atoms with Crippen molar-refractivity contribution in [1.82, 2.24) is 5.32 Å². The molecule has 2 aromatic carbocycles. The van der Waals surface area contributed by atoms with Gasteiger partial charge in [-0.05, 0) is 92.7 Å². The molecule has 0 atom stereocenters. The second-order valence-electron chi connectivity index (χ2n) is 9.12. The van der Waals surface area contributed by atoms with Crippen LogP contribution in [0.25, 0.3) is 0 Å². The maximum atomic E-state index is 12.2. The van der Waals surface area contributed by atoms with E-state index in [1.807, 2.05) is 12.1 Å². The number of nitrogens with one attached hydrogen (secondary N) is 2. The fourth-order valence-electron chi connectivity index (χ4n) is 5.99. The van der Waals surface area contributed by atoms with Crippen LogP contribution in [0.4, 0.5) is 10.5 Å². The maximum absolute atomic E-state index is 12.2. The largest absolute Gasteiger partial charge is 0.487 e. The fourth-order valence-corrected chi connectivity index (χ4v) is 6.21. The molecule has 0 saturated heterocycles. The van der Waals surface area contributed by atoms with E-state index in [1.165, 1.54) is 38.5 Å². The second kappa shape index (κ2) is 7.62. The van der Waals surface area contributed by atoms with Crippen LogP contribution < -0.4 is 15.4 Å². The molecule has 6 heteroatoms. The normalized spacial score (nSPS) is 28.8. The van der Waals surface area contributed by atoms with E-state index in [4.69, 9.17) is 16.3 Å². The van der Waals surface area contributed by atoms with Crippen LogP contribution >= 0.6 is 11.6 Å². The summed E-state index contributed by atoms with van der Waals surface area (Å²) in [5.41, 5.74) is 0.855. The van der Waals surface area contributed by atoms with E-state index in [0.29, 0.717) is 10.7 Å². The molecule has 156 valence electrons. The third-order valence-electron chi connectivity index (χ3n) is 6.77. The van der Waals surface area contributed by atoms with E-state index < -0.39 is 11.9 Å². The number of imide groups is 1. The highest BCUT2D eigenvalue weighted by Crippen LogP contribution is 2.57. The molecule has 0 heterocycles. The highest BCUT2D eigenvalue weighted by Gasteiger charge is 2.52. The van der Waals surface area contributed by atoms with Crippen molar-refractivity contribution in [2.45, 2.75) is 44.1 Å². The average Bonchev–Trinajstić information content (AvgIpc) is 2.68. The Labute approximate surface area is 181 Å². The van der Waals surface area contributed by atoms with E-state index in [2.05, 4.69) is 10.6 Å². The highest BCUT2D eigenvalue weighted by atomic mass is 35.5. The Kier molecular flexibility index (Phi) is 4.94. The van der Waals surface area contributed by atoms with Crippen LogP contribution in [-0.2, 0) is 0 Å². The lowest BCUT2D eigenvalue weighted by Gasteiger charge is -2.56. The van der Waals surface area contributed by atoms with Gasteiger partial charge in [0.15, 0.2) is 0 Å². The fraction of sp³-hybridized carbons (Fsp3) is 0.417. The summed E-state index contributed by atoms with van der Waals surface area (Å²) in [4.78, 5) is 24.4. The van der Waals surface area contributed by atoms with Crippen LogP contribution in [0.3, 0.4) is 0 Å². The van der Waals surface area contributed by atoms with Gasteiger partial charge in [0.25, 0.3) is 5.91 Å². The molecule has 4 fully saturated rings. The first-order chi connectivity index (χ1) is 14.5. The minimum absolute atomic E-state index is 0.00242. The molecule has 0 spiro atoms. The van der Waals surface area contributed by atoms with Crippen molar-refractivity contribution in [2.75, 3.05) is 5.32 Å². The monoisotopic (exact) mass is 424 g/mol. The zero-order valence-corrected chi connectivity index (χ0v) is 17.5. The zero-order valence-electron chi connectivity index (χ0n) is 16.7. The summed E-state index contributed by atoms with van der Waals surface area (Å²) in [7, 11) is 0. The molecule has 0 aromatic heterocycles. The zero-order chi connectivity index (χ0) is 20.7. The van der Waals surface area contributed by atoms with E-state index in [-0.39, 0.29) is 11.2 Å². The molecule has 0 aliphatic heterocycles. The molecule has 4 aliphatic rings. The average molecular weight is 425 g/mol. The lowest BCUT2D eigenvalue weighted by atomic mass is 9.54. The third kappa shape index (κ3) is 3.91. The van der Waals surface area contributed by atoms with Gasteiger partial charge in [-0.1, -0.05) is 23.7 Å². The summed E-state index contributed by atoms with van der Waals surface area (Å²) in [6.45, 7) is 0. The van der Waals surface area contributed by atoms with Gasteiger partial charge in [-0.3, -0.25) is 10.1 Å². The van der Waals surface area contributed by atoms with Gasteiger partial charge in [0.1, 0.15) is 11.4 Å². The minimum Gasteiger partial charge on any atom is -0.487 e. The first-order valence-electron chi connectivity index (χ1n) is 10.6. The molecule has 30 heavy (non-hydrogen) atoms. The van der Waals surface area contributed by atoms with Gasteiger partial charge in [0.2, 0.25) is 0 Å². The predicted molar refractivity (Wildman–Crippen MR) is 116 cm³/mol. The Hall–Kier alpha value is -2.53. The van der Waals surface area contributed by atoms with Gasteiger partial charge >= 0.3 is 6.03 Å². The molecule has 4 bridgehead atoms. The molecule has 5 nitrogen and oxygen atoms in total. The molecule has 2 N–H and O–H groups in total. The molecule has 4 aliphatic carbocycles. The van der Waals surface area contributed by atoms with Crippen LogP contribution in [-0.4, -0.2) is 17.5 Å². The maximum Gasteiger partial charge on any atom is 0.326 e. The summed E-state index contributed by atoms with van der Waals surface area (Å²) in [5.74, 6) is 2.79. The van der Waals surface area contributed by atoms with Crippen LogP contribution in [0, 0.1) is 17.8 Å². The number of carbonyl (C=O) groups is 2. The van der Waals surface area contributed by atoms with E-state index in [9.17, 15) is 9.59 Å². The summed E-state index contributed by atoms with van der Waals surface area (Å²) < 4.78 is 6.51. The number of amides is 3. The Morgan fingerprint density at radius 1 is 0.900 bits per heavy atom. The standard InChI is InChI=1S/C24H25ClN2O3/c25-21-4-2-1-3-20(21)22(28)27-23(29)26-18-5-7-19(8-6-18)30-24-12-15-9-16(13-24)11-17(10-15)14-24/h1-8,15-17H,9-14H2,(H2,26,27,28,29). The number of anilines is 1. The molecule has 6 rings (SSSR count). The highest BCUT2D eigenvalue weighted by molar-refractivity contribution is 6.34. The Balaban J connectivity index is 1.19. The van der Waals surface area contributed by atoms with Crippen LogP contribution in [0.5, 0.6) is 5.75 Å². The van der Waals surface area contributed by atoms with Gasteiger partial charge in [0.05, 0.1) is 10.6 Å². The Bertz CT molecular complexity index is 937. The van der Waals surface area contributed by atoms with E-state index in [0.717, 1.165) is 23.5 Å². The van der Waals surface area contributed by atoms with Crippen LogP contribution in [0.2, 0.25) is 5.02 Å². The van der Waals surface area contributed by atoms with Crippen molar-refractivity contribution >= 4 is 29.2 Å². The number of carbonyl (C=O) groups excluding carboxylic acids is 2. The van der Waals surface area contributed by atoms with Crippen molar-refractivity contribution in [3.05, 3.63) is 59.1 Å². The van der Waals surface area contributed by atoms with Crippen LogP contribution in [0.15, 0.2) is 48.5 Å². The van der Waals surface area contributed by atoms with Gasteiger partial charge in [-0.25, -0.2) is 4.79 Å². The molecule has 3 amide bonds. The summed E-state index contributed by atoms with van der Waals surface area (Å²) in [6.07, 6.45) is 7.66. The third-order valence-corrected chi connectivity index (χ3v) is 7.10. The predicted octanol–water partition coefficient (Wildman–Crippen LogP) is 5.65. The summed E-state index contributed by atoms with van der Waals surface area (Å²) in [5, 5.41) is 5.28. The topological polar surface area (TPSA) is 67.4 Å². The Morgan fingerprint density at radius 3 is 2.10 bits per heavy atom. The van der Waals surface area contributed by atoms with Crippen molar-refractivity contribution in [3.8, 4) is 5.75 Å². The smallest absolute Gasteiger partial charge is 0.326 e. The van der Waals surface area contributed by atoms with Gasteiger partial charge in [0, 0.05) is 5.69 Å². The van der Waals surface area contributed by atoms with Gasteiger partial charge in [-0.2, -0.15) is 0 Å². The number of benzene rings is 2. The second-order valence-corrected chi connectivity index (χ2v) is 9.52. The quantitative estimate of drug-likeness (QED) is 0.666. The molecule has 4 saturated carbocycles. The summed E-state index contributed by atoms with van der Waals surface area (Å²) >= 11 is 6.00. The lowest BCUT2D eigenvalue weighted by Crippen LogP contribution is -2.53. The van der Waals surface area contributed by atoms with E-state index >= 15 is 0 Å². The van der Waals surface area contributed by atoms with Gasteiger partial charge < -0.3 is 10.1 Å². The SMILES string of the molecule is O=C(NC(=O)c1ccccc1Cl)Nc1ccc(OC23CC4CC(CC(C4)C2)C3)cc1. The minimum atomic E-state index is -0.602. The number of ether oxygens (including phenoxy) is 1. The van der Waals surface area contributed by atoms with Crippen molar-refractivity contribution < 1.29 is 14.3 Å². The number of hydrogen-bond donors (Lipinski definition) is 2. The first kappa shape index (κ1) is 19.4. The van der Waals surface area contributed by atoms with Crippen molar-refractivity contribution in [1.29, 1.82) is 0 Å². The number of hydrogen-bond acceptors (Lipinski definition) is 3. The molecular weight excluding hydrogens is 400 g/mol.